The highest BCUT2D eigenvalue weighted by atomic mass is 32.1. The van der Waals surface area contributed by atoms with Gasteiger partial charge in [-0.1, -0.05) is 23.5 Å². The highest BCUT2D eigenvalue weighted by molar-refractivity contribution is 7.17. The van der Waals surface area contributed by atoms with Crippen molar-refractivity contribution >= 4 is 28.3 Å². The summed E-state index contributed by atoms with van der Waals surface area (Å²) < 4.78 is 37.8. The van der Waals surface area contributed by atoms with Crippen LogP contribution in [0, 0.1) is 28.6 Å². The first kappa shape index (κ1) is 23.3. The van der Waals surface area contributed by atoms with Gasteiger partial charge < -0.3 is 20.9 Å². The number of nitriles is 1. The average Bonchev–Trinajstić information content (AvgIpc) is 3.39. The third-order valence-electron chi connectivity index (χ3n) is 6.17. The number of hydrogen-bond donors (Lipinski definition) is 3. The summed E-state index contributed by atoms with van der Waals surface area (Å²) in [6, 6.07) is 9.02. The van der Waals surface area contributed by atoms with Crippen LogP contribution in [0.15, 0.2) is 30.5 Å². The second kappa shape index (κ2) is 9.93. The second-order valence-corrected chi connectivity index (χ2v) is 9.32. The van der Waals surface area contributed by atoms with Crippen LogP contribution in [0.3, 0.4) is 0 Å². The van der Waals surface area contributed by atoms with Crippen molar-refractivity contribution < 1.29 is 13.2 Å². The van der Waals surface area contributed by atoms with Gasteiger partial charge in [0.05, 0.1) is 22.2 Å². The standard InChI is InChI=1S/C23H25F3N6S/c24-23(25,26)14-30-13-19(10-28)21-20(16-3-1-15(9-27)2-4-16)31-22(33-21)32-7-5-17-11-29-12-18(17)6-8-32/h1-4,10,13,17-18,28-30H,5-8,11-12,14H2/b19-13+,28-10?/t17-,18+. The number of hydrogen-bond acceptors (Lipinski definition) is 7. The molecular formula is C23H25F3N6S. The summed E-state index contributed by atoms with van der Waals surface area (Å²) in [5, 5.41) is 23.5. The minimum absolute atomic E-state index is 0.332. The van der Waals surface area contributed by atoms with Crippen LogP contribution in [0.2, 0.25) is 0 Å². The number of halogens is 3. The molecule has 2 atom stereocenters. The lowest BCUT2D eigenvalue weighted by Gasteiger charge is -2.19. The molecule has 0 spiro atoms. The molecule has 3 N–H and O–H groups in total. The molecule has 0 aliphatic carbocycles. The molecule has 2 aliphatic heterocycles. The fraction of sp³-hybridized carbons (Fsp3) is 0.435. The number of thiazole rings is 1. The number of allylic oxidation sites excluding steroid dienone is 1. The van der Waals surface area contributed by atoms with Gasteiger partial charge >= 0.3 is 6.18 Å². The van der Waals surface area contributed by atoms with Gasteiger partial charge in [-0.2, -0.15) is 18.4 Å². The molecule has 2 fully saturated rings. The van der Waals surface area contributed by atoms with Gasteiger partial charge in [0, 0.05) is 36.6 Å². The minimum atomic E-state index is -4.35. The highest BCUT2D eigenvalue weighted by Gasteiger charge is 2.31. The zero-order valence-electron chi connectivity index (χ0n) is 18.0. The maximum Gasteiger partial charge on any atom is 0.405 e. The zero-order chi connectivity index (χ0) is 23.4. The van der Waals surface area contributed by atoms with E-state index in [2.05, 4.69) is 21.6 Å². The van der Waals surface area contributed by atoms with E-state index >= 15 is 0 Å². The molecular weight excluding hydrogens is 449 g/mol. The van der Waals surface area contributed by atoms with Crippen molar-refractivity contribution in [3.63, 3.8) is 0 Å². The SMILES string of the molecule is N#Cc1ccc(-c2nc(N3CC[C@@H]4CNC[C@@H]4CC3)sc2/C(C=N)=C/NCC(F)(F)F)cc1. The summed E-state index contributed by atoms with van der Waals surface area (Å²) in [5.41, 5.74) is 2.21. The van der Waals surface area contributed by atoms with Crippen LogP contribution in [-0.2, 0) is 0 Å². The fourth-order valence-electron chi connectivity index (χ4n) is 4.40. The van der Waals surface area contributed by atoms with Crippen LogP contribution in [0.25, 0.3) is 16.8 Å². The van der Waals surface area contributed by atoms with E-state index in [1.54, 1.807) is 24.3 Å². The van der Waals surface area contributed by atoms with E-state index in [4.69, 9.17) is 15.7 Å². The van der Waals surface area contributed by atoms with Gasteiger partial charge in [0.2, 0.25) is 0 Å². The molecule has 0 bridgehead atoms. The molecule has 1 aromatic carbocycles. The molecule has 0 saturated carbocycles. The van der Waals surface area contributed by atoms with E-state index in [9.17, 15) is 13.2 Å². The molecule has 2 aromatic rings. The third-order valence-corrected chi connectivity index (χ3v) is 7.34. The summed E-state index contributed by atoms with van der Waals surface area (Å²) in [7, 11) is 0. The van der Waals surface area contributed by atoms with E-state index in [0.717, 1.165) is 55.9 Å². The molecule has 0 amide bonds. The number of anilines is 1. The number of rotatable bonds is 6. The van der Waals surface area contributed by atoms with Gasteiger partial charge in [-0.25, -0.2) is 4.98 Å². The number of aromatic nitrogens is 1. The average molecular weight is 475 g/mol. The second-order valence-electron chi connectivity index (χ2n) is 8.35. The lowest BCUT2D eigenvalue weighted by molar-refractivity contribution is -0.122. The monoisotopic (exact) mass is 474 g/mol. The van der Waals surface area contributed by atoms with Gasteiger partial charge in [-0.15, -0.1) is 0 Å². The van der Waals surface area contributed by atoms with Crippen molar-refractivity contribution in [1.29, 1.82) is 10.7 Å². The summed E-state index contributed by atoms with van der Waals surface area (Å²) in [5.74, 6) is 1.33. The summed E-state index contributed by atoms with van der Waals surface area (Å²) >= 11 is 1.39. The zero-order valence-corrected chi connectivity index (χ0v) is 18.8. The number of nitrogens with zero attached hydrogens (tertiary/aromatic N) is 3. The largest absolute Gasteiger partial charge is 0.405 e. The number of alkyl halides is 3. The number of nitrogens with one attached hydrogen (secondary N) is 3. The third kappa shape index (κ3) is 5.54. The van der Waals surface area contributed by atoms with E-state index < -0.39 is 12.7 Å². The Balaban J connectivity index is 1.67. The van der Waals surface area contributed by atoms with Crippen molar-refractivity contribution in [2.45, 2.75) is 19.0 Å². The van der Waals surface area contributed by atoms with Gasteiger partial charge in [0.15, 0.2) is 5.13 Å². The Labute approximate surface area is 194 Å². The van der Waals surface area contributed by atoms with Crippen LogP contribution >= 0.6 is 11.3 Å². The van der Waals surface area contributed by atoms with E-state index in [0.29, 0.717) is 33.5 Å². The van der Waals surface area contributed by atoms with E-state index in [1.807, 2.05) is 0 Å². The smallest absolute Gasteiger partial charge is 0.382 e. The molecule has 2 saturated heterocycles. The Kier molecular flexibility index (Phi) is 7.00. The molecule has 33 heavy (non-hydrogen) atoms. The molecule has 0 radical (unpaired) electrons. The Morgan fingerprint density at radius 2 is 1.91 bits per heavy atom. The van der Waals surface area contributed by atoms with E-state index in [1.165, 1.54) is 17.5 Å². The van der Waals surface area contributed by atoms with Crippen LogP contribution in [0.4, 0.5) is 18.3 Å². The predicted octanol–water partition coefficient (Wildman–Crippen LogP) is 4.26. The Hall–Kier alpha value is -2.90. The quantitative estimate of drug-likeness (QED) is 0.545. The predicted molar refractivity (Wildman–Crippen MR) is 124 cm³/mol. The van der Waals surface area contributed by atoms with Crippen LogP contribution in [0.1, 0.15) is 23.3 Å². The number of fused-ring (bicyclic) bond motifs is 1. The highest BCUT2D eigenvalue weighted by Crippen LogP contribution is 2.39. The molecule has 0 unspecified atom stereocenters. The van der Waals surface area contributed by atoms with Crippen LogP contribution in [0.5, 0.6) is 0 Å². The van der Waals surface area contributed by atoms with Gasteiger partial charge in [-0.05, 0) is 49.9 Å². The maximum absolute atomic E-state index is 12.6. The van der Waals surface area contributed by atoms with Gasteiger partial charge in [-0.3, -0.25) is 0 Å². The Bertz CT molecular complexity index is 1040. The van der Waals surface area contributed by atoms with Crippen molar-refractivity contribution in [3.05, 3.63) is 40.9 Å². The molecule has 3 heterocycles. The molecule has 10 heteroatoms. The number of benzene rings is 1. The topological polar surface area (TPSA) is 87.8 Å². The first-order chi connectivity index (χ1) is 15.9. The summed E-state index contributed by atoms with van der Waals surface area (Å²) in [6.07, 6.45) is 0.0610. The lowest BCUT2D eigenvalue weighted by atomic mass is 9.92. The summed E-state index contributed by atoms with van der Waals surface area (Å²) in [4.78, 5) is 7.76. The first-order valence-electron chi connectivity index (χ1n) is 10.9. The Morgan fingerprint density at radius 1 is 1.24 bits per heavy atom. The van der Waals surface area contributed by atoms with Crippen molar-refractivity contribution in [2.24, 2.45) is 11.8 Å². The van der Waals surface area contributed by atoms with Crippen LogP contribution < -0.4 is 15.5 Å². The molecule has 6 nitrogen and oxygen atoms in total. The Morgan fingerprint density at radius 3 is 2.48 bits per heavy atom. The lowest BCUT2D eigenvalue weighted by Crippen LogP contribution is -2.25. The van der Waals surface area contributed by atoms with Gasteiger partial charge in [0.1, 0.15) is 6.54 Å². The van der Waals surface area contributed by atoms with E-state index in [-0.39, 0.29) is 0 Å². The van der Waals surface area contributed by atoms with Gasteiger partial charge in [0.25, 0.3) is 0 Å². The summed E-state index contributed by atoms with van der Waals surface area (Å²) in [6.45, 7) is 2.66. The molecule has 1 aromatic heterocycles. The normalized spacial score (nSPS) is 21.3. The minimum Gasteiger partial charge on any atom is -0.382 e. The fourth-order valence-corrected chi connectivity index (χ4v) is 5.52. The van der Waals surface area contributed by atoms with Crippen molar-refractivity contribution in [1.82, 2.24) is 15.6 Å². The molecule has 4 rings (SSSR count). The first-order valence-corrected chi connectivity index (χ1v) is 11.7. The molecule has 174 valence electrons. The van der Waals surface area contributed by atoms with Crippen LogP contribution in [-0.4, -0.2) is 50.1 Å². The van der Waals surface area contributed by atoms with Crippen molar-refractivity contribution in [2.75, 3.05) is 37.6 Å². The molecule has 2 aliphatic rings. The maximum atomic E-state index is 12.6. The van der Waals surface area contributed by atoms with Crippen molar-refractivity contribution in [3.8, 4) is 17.3 Å².